The zero-order chi connectivity index (χ0) is 14.4. The van der Waals surface area contributed by atoms with Crippen molar-refractivity contribution in [2.24, 2.45) is 0 Å². The van der Waals surface area contributed by atoms with Crippen LogP contribution in [-0.4, -0.2) is 11.5 Å². The maximum Gasteiger partial charge on any atom is 0.223 e. The second kappa shape index (κ2) is 7.01. The molecule has 0 aliphatic rings. The summed E-state index contributed by atoms with van der Waals surface area (Å²) in [4.78, 5) is 4.04. The Bertz CT molecular complexity index is 555. The fourth-order valence-corrected chi connectivity index (χ4v) is 1.80. The molecular weight excluding hydrogens is 255 g/mol. The van der Waals surface area contributed by atoms with Crippen LogP contribution in [0.15, 0.2) is 36.5 Å². The monoisotopic (exact) mass is 274 g/mol. The third-order valence-electron chi connectivity index (χ3n) is 2.87. The molecule has 0 bridgehead atoms. The average Bonchev–Trinajstić information content (AvgIpc) is 2.44. The molecule has 0 aliphatic heterocycles. The quantitative estimate of drug-likeness (QED) is 0.813. The van der Waals surface area contributed by atoms with Crippen molar-refractivity contribution in [3.05, 3.63) is 53.5 Å². The van der Waals surface area contributed by atoms with Gasteiger partial charge in [0.1, 0.15) is 11.6 Å². The van der Waals surface area contributed by atoms with Gasteiger partial charge in [-0.25, -0.2) is 9.37 Å². The molecule has 0 amide bonds. The third-order valence-corrected chi connectivity index (χ3v) is 2.87. The van der Waals surface area contributed by atoms with E-state index in [-0.39, 0.29) is 5.82 Å². The second-order valence-corrected chi connectivity index (χ2v) is 4.71. The predicted octanol–water partition coefficient (Wildman–Crippen LogP) is 3.82. The van der Waals surface area contributed by atoms with Crippen LogP contribution in [0.4, 0.5) is 4.39 Å². The van der Waals surface area contributed by atoms with Gasteiger partial charge in [-0.2, -0.15) is 0 Å². The molecule has 4 heteroatoms. The Labute approximate surface area is 118 Å². The largest absolute Gasteiger partial charge is 0.439 e. The Kier molecular flexibility index (Phi) is 5.07. The van der Waals surface area contributed by atoms with Crippen LogP contribution in [0.1, 0.15) is 24.5 Å². The van der Waals surface area contributed by atoms with Gasteiger partial charge in [-0.05, 0) is 38.1 Å². The molecule has 0 fully saturated rings. The maximum absolute atomic E-state index is 13.3. The molecule has 106 valence electrons. The number of nitrogens with one attached hydrogen (secondary N) is 1. The van der Waals surface area contributed by atoms with Gasteiger partial charge in [0, 0.05) is 12.1 Å². The highest BCUT2D eigenvalue weighted by Gasteiger charge is 2.08. The molecule has 0 atom stereocenters. The fourth-order valence-electron chi connectivity index (χ4n) is 1.80. The lowest BCUT2D eigenvalue weighted by Gasteiger charge is -2.11. The summed E-state index contributed by atoms with van der Waals surface area (Å²) >= 11 is 0. The van der Waals surface area contributed by atoms with Gasteiger partial charge in [0.2, 0.25) is 5.88 Å². The molecule has 0 unspecified atom stereocenters. The molecule has 1 aromatic heterocycles. The lowest BCUT2D eigenvalue weighted by Crippen LogP contribution is -2.15. The van der Waals surface area contributed by atoms with Crippen molar-refractivity contribution >= 4 is 0 Å². The molecule has 3 nitrogen and oxygen atoms in total. The first-order valence-electron chi connectivity index (χ1n) is 6.78. The Balaban J connectivity index is 2.15. The number of hydrogen-bond donors (Lipinski definition) is 1. The molecular formula is C16H19FN2O. The number of ether oxygens (including phenoxy) is 1. The molecule has 0 spiro atoms. The van der Waals surface area contributed by atoms with Crippen LogP contribution in [0.5, 0.6) is 11.6 Å². The van der Waals surface area contributed by atoms with E-state index in [4.69, 9.17) is 4.74 Å². The van der Waals surface area contributed by atoms with Crippen molar-refractivity contribution in [3.8, 4) is 11.6 Å². The van der Waals surface area contributed by atoms with E-state index in [0.29, 0.717) is 18.2 Å². The number of rotatable bonds is 6. The minimum atomic E-state index is -0.352. The first-order valence-corrected chi connectivity index (χ1v) is 6.78. The summed E-state index contributed by atoms with van der Waals surface area (Å²) < 4.78 is 19.0. The number of aromatic nitrogens is 1. The first kappa shape index (κ1) is 14.5. The highest BCUT2D eigenvalue weighted by molar-refractivity contribution is 5.33. The molecule has 2 aromatic rings. The minimum Gasteiger partial charge on any atom is -0.439 e. The van der Waals surface area contributed by atoms with E-state index in [9.17, 15) is 4.39 Å². The minimum absolute atomic E-state index is 0.352. The van der Waals surface area contributed by atoms with Crippen molar-refractivity contribution in [3.63, 3.8) is 0 Å². The summed E-state index contributed by atoms with van der Waals surface area (Å²) in [5.41, 5.74) is 1.88. The SMILES string of the molecule is CCCNCc1cc(F)cnc1Oc1ccc(C)cc1. The van der Waals surface area contributed by atoms with Gasteiger partial charge in [-0.1, -0.05) is 24.6 Å². The maximum atomic E-state index is 13.3. The Morgan fingerprint density at radius 2 is 2.00 bits per heavy atom. The lowest BCUT2D eigenvalue weighted by atomic mass is 10.2. The van der Waals surface area contributed by atoms with E-state index in [1.54, 1.807) is 0 Å². The molecule has 0 aliphatic carbocycles. The zero-order valence-electron chi connectivity index (χ0n) is 11.8. The van der Waals surface area contributed by atoms with Crippen molar-refractivity contribution in [1.29, 1.82) is 0 Å². The molecule has 1 N–H and O–H groups in total. The number of halogens is 1. The van der Waals surface area contributed by atoms with Crippen LogP contribution < -0.4 is 10.1 Å². The zero-order valence-corrected chi connectivity index (χ0v) is 11.8. The fraction of sp³-hybridized carbons (Fsp3) is 0.312. The van der Waals surface area contributed by atoms with Gasteiger partial charge in [-0.15, -0.1) is 0 Å². The molecule has 20 heavy (non-hydrogen) atoms. The third kappa shape index (κ3) is 4.03. The Morgan fingerprint density at radius 3 is 2.70 bits per heavy atom. The van der Waals surface area contributed by atoms with E-state index in [0.717, 1.165) is 24.1 Å². The predicted molar refractivity (Wildman–Crippen MR) is 77.4 cm³/mol. The van der Waals surface area contributed by atoms with Gasteiger partial charge in [0.05, 0.1) is 6.20 Å². The van der Waals surface area contributed by atoms with E-state index in [1.165, 1.54) is 12.3 Å². The topological polar surface area (TPSA) is 34.2 Å². The summed E-state index contributed by atoms with van der Waals surface area (Å²) in [5.74, 6) is 0.792. The highest BCUT2D eigenvalue weighted by Crippen LogP contribution is 2.23. The summed E-state index contributed by atoms with van der Waals surface area (Å²) in [5, 5.41) is 3.23. The van der Waals surface area contributed by atoms with Crippen LogP contribution in [0.2, 0.25) is 0 Å². The van der Waals surface area contributed by atoms with E-state index in [2.05, 4.69) is 17.2 Å². The second-order valence-electron chi connectivity index (χ2n) is 4.71. The van der Waals surface area contributed by atoms with Crippen molar-refractivity contribution in [2.45, 2.75) is 26.8 Å². The number of hydrogen-bond acceptors (Lipinski definition) is 3. The van der Waals surface area contributed by atoms with Crippen molar-refractivity contribution in [2.75, 3.05) is 6.54 Å². The highest BCUT2D eigenvalue weighted by atomic mass is 19.1. The van der Waals surface area contributed by atoms with Gasteiger partial charge < -0.3 is 10.1 Å². The van der Waals surface area contributed by atoms with Crippen molar-refractivity contribution < 1.29 is 9.13 Å². The summed E-state index contributed by atoms with van der Waals surface area (Å²) in [7, 11) is 0. The van der Waals surface area contributed by atoms with E-state index >= 15 is 0 Å². The van der Waals surface area contributed by atoms with Gasteiger partial charge in [-0.3, -0.25) is 0 Å². The van der Waals surface area contributed by atoms with Gasteiger partial charge >= 0.3 is 0 Å². The first-order chi connectivity index (χ1) is 9.69. The molecule has 1 heterocycles. The van der Waals surface area contributed by atoms with Gasteiger partial charge in [0.15, 0.2) is 0 Å². The standard InChI is InChI=1S/C16H19FN2O/c1-3-8-18-10-13-9-14(17)11-19-16(13)20-15-6-4-12(2)5-7-15/h4-7,9,11,18H,3,8,10H2,1-2H3. The summed E-state index contributed by atoms with van der Waals surface area (Å²) in [6.45, 7) is 5.51. The van der Waals surface area contributed by atoms with Crippen LogP contribution in [0, 0.1) is 12.7 Å². The van der Waals surface area contributed by atoms with E-state index in [1.807, 2.05) is 31.2 Å². The Morgan fingerprint density at radius 1 is 1.25 bits per heavy atom. The molecule has 0 radical (unpaired) electrons. The Hall–Kier alpha value is -1.94. The van der Waals surface area contributed by atoms with Crippen LogP contribution in [0.25, 0.3) is 0 Å². The molecule has 0 saturated heterocycles. The van der Waals surface area contributed by atoms with E-state index < -0.39 is 0 Å². The van der Waals surface area contributed by atoms with Crippen molar-refractivity contribution in [1.82, 2.24) is 10.3 Å². The van der Waals surface area contributed by atoms with Crippen LogP contribution >= 0.6 is 0 Å². The van der Waals surface area contributed by atoms with Gasteiger partial charge in [0.25, 0.3) is 0 Å². The van der Waals surface area contributed by atoms with Crippen LogP contribution in [0.3, 0.4) is 0 Å². The average molecular weight is 274 g/mol. The normalized spacial score (nSPS) is 10.6. The number of nitrogens with zero attached hydrogens (tertiary/aromatic N) is 1. The molecule has 1 aromatic carbocycles. The molecule has 2 rings (SSSR count). The smallest absolute Gasteiger partial charge is 0.223 e. The number of aryl methyl sites for hydroxylation is 1. The summed E-state index contributed by atoms with van der Waals surface area (Å²) in [6, 6.07) is 9.15. The lowest BCUT2D eigenvalue weighted by molar-refractivity contribution is 0.448. The number of pyridine rings is 1. The van der Waals surface area contributed by atoms with Crippen LogP contribution in [-0.2, 0) is 6.54 Å². The summed E-state index contributed by atoms with van der Waals surface area (Å²) in [6.07, 6.45) is 2.20. The number of benzene rings is 1. The molecule has 0 saturated carbocycles.